The van der Waals surface area contributed by atoms with E-state index in [1.807, 2.05) is 38.1 Å². The molecule has 0 spiro atoms. The molecule has 2 heterocycles. The molecule has 2 aromatic rings. The van der Waals surface area contributed by atoms with Gasteiger partial charge in [0.05, 0.1) is 7.11 Å². The summed E-state index contributed by atoms with van der Waals surface area (Å²) in [5, 5.41) is 7.75. The topological polar surface area (TPSA) is 88.8 Å². The van der Waals surface area contributed by atoms with Gasteiger partial charge in [0.15, 0.2) is 0 Å². The van der Waals surface area contributed by atoms with Crippen molar-refractivity contribution in [2.45, 2.75) is 32.6 Å². The van der Waals surface area contributed by atoms with Crippen molar-refractivity contribution in [1.29, 1.82) is 0 Å². The van der Waals surface area contributed by atoms with Gasteiger partial charge in [0.1, 0.15) is 5.75 Å². The van der Waals surface area contributed by atoms with Crippen LogP contribution < -0.4 is 4.74 Å². The fourth-order valence-corrected chi connectivity index (χ4v) is 3.16. The van der Waals surface area contributed by atoms with Crippen LogP contribution in [0.3, 0.4) is 0 Å². The summed E-state index contributed by atoms with van der Waals surface area (Å²) in [5.41, 5.74) is 1.02. The molecule has 1 aliphatic heterocycles. The van der Waals surface area contributed by atoms with Crippen molar-refractivity contribution < 1.29 is 18.7 Å². The zero-order valence-corrected chi connectivity index (χ0v) is 16.6. The molecule has 1 fully saturated rings. The maximum Gasteiger partial charge on any atom is 0.311 e. The van der Waals surface area contributed by atoms with Crippen LogP contribution in [0.25, 0.3) is 0 Å². The molecule has 8 nitrogen and oxygen atoms in total. The third-order valence-electron chi connectivity index (χ3n) is 4.84. The third kappa shape index (κ3) is 4.49. The lowest BCUT2D eigenvalue weighted by Gasteiger charge is -2.34. The van der Waals surface area contributed by atoms with Crippen LogP contribution in [0.4, 0.5) is 0 Å². The minimum Gasteiger partial charge on any atom is -0.496 e. The number of benzene rings is 1. The van der Waals surface area contributed by atoms with Crippen molar-refractivity contribution >= 4 is 11.8 Å². The first kappa shape index (κ1) is 19.9. The van der Waals surface area contributed by atoms with Gasteiger partial charge in [-0.05, 0) is 18.1 Å². The quantitative estimate of drug-likeness (QED) is 0.756. The Bertz CT molecular complexity index is 825. The van der Waals surface area contributed by atoms with E-state index in [1.165, 1.54) is 0 Å². The molecule has 1 saturated heterocycles. The first-order valence-corrected chi connectivity index (χ1v) is 9.52. The van der Waals surface area contributed by atoms with Gasteiger partial charge in [-0.3, -0.25) is 9.59 Å². The Labute approximate surface area is 164 Å². The van der Waals surface area contributed by atoms with Gasteiger partial charge in [-0.2, -0.15) is 0 Å². The standard InChI is InChI=1S/C20H26N4O4/c1-14(2)18-21-22-19(28-18)20(26)24-12-10-23(11-13-24)17(25)9-8-15-6-4-5-7-16(15)27-3/h4-7,14H,8-13H2,1-3H3. The molecule has 1 aromatic carbocycles. The van der Waals surface area contributed by atoms with Crippen LogP contribution in [-0.4, -0.2) is 65.1 Å². The first-order chi connectivity index (χ1) is 13.5. The molecule has 1 aliphatic rings. The maximum atomic E-state index is 12.5. The van der Waals surface area contributed by atoms with E-state index in [0.717, 1.165) is 11.3 Å². The van der Waals surface area contributed by atoms with Gasteiger partial charge in [-0.1, -0.05) is 32.0 Å². The number of hydrogen-bond donors (Lipinski definition) is 0. The summed E-state index contributed by atoms with van der Waals surface area (Å²) in [6.45, 7) is 5.77. The smallest absolute Gasteiger partial charge is 0.311 e. The number of aryl methyl sites for hydroxylation is 1. The number of amides is 2. The van der Waals surface area contributed by atoms with Crippen LogP contribution in [0.15, 0.2) is 28.7 Å². The molecule has 0 bridgehead atoms. The van der Waals surface area contributed by atoms with Crippen molar-refractivity contribution in [3.63, 3.8) is 0 Å². The van der Waals surface area contributed by atoms with Crippen LogP contribution in [0.5, 0.6) is 5.75 Å². The van der Waals surface area contributed by atoms with Gasteiger partial charge < -0.3 is 19.0 Å². The lowest BCUT2D eigenvalue weighted by Crippen LogP contribution is -2.50. The molecule has 3 rings (SSSR count). The molecule has 28 heavy (non-hydrogen) atoms. The van der Waals surface area contributed by atoms with E-state index in [2.05, 4.69) is 10.2 Å². The summed E-state index contributed by atoms with van der Waals surface area (Å²) < 4.78 is 10.8. The summed E-state index contributed by atoms with van der Waals surface area (Å²) in [7, 11) is 1.63. The largest absolute Gasteiger partial charge is 0.496 e. The Kier molecular flexibility index (Phi) is 6.28. The number of carbonyl (C=O) groups excluding carboxylic acids is 2. The fraction of sp³-hybridized carbons (Fsp3) is 0.500. The minimum atomic E-state index is -0.277. The van der Waals surface area contributed by atoms with Crippen LogP contribution in [-0.2, 0) is 11.2 Å². The fourth-order valence-electron chi connectivity index (χ4n) is 3.16. The Morgan fingerprint density at radius 2 is 1.79 bits per heavy atom. The molecule has 0 atom stereocenters. The number of rotatable bonds is 6. The van der Waals surface area contributed by atoms with E-state index in [0.29, 0.717) is 44.9 Å². The number of carbonyl (C=O) groups is 2. The Morgan fingerprint density at radius 1 is 1.11 bits per heavy atom. The highest BCUT2D eigenvalue weighted by molar-refractivity contribution is 5.89. The summed E-state index contributed by atoms with van der Waals surface area (Å²) >= 11 is 0. The first-order valence-electron chi connectivity index (χ1n) is 9.52. The van der Waals surface area contributed by atoms with Gasteiger partial charge in [-0.25, -0.2) is 0 Å². The summed E-state index contributed by atoms with van der Waals surface area (Å²) in [5.74, 6) is 1.14. The SMILES string of the molecule is COc1ccccc1CCC(=O)N1CCN(C(=O)c2nnc(C(C)C)o2)CC1. The minimum absolute atomic E-state index is 0.0136. The molecule has 2 amide bonds. The monoisotopic (exact) mass is 386 g/mol. The number of methoxy groups -OCH3 is 1. The highest BCUT2D eigenvalue weighted by Gasteiger charge is 2.28. The Morgan fingerprint density at radius 3 is 2.43 bits per heavy atom. The van der Waals surface area contributed by atoms with Crippen LogP contribution in [0.1, 0.15) is 48.3 Å². The lowest BCUT2D eigenvalue weighted by atomic mass is 10.1. The van der Waals surface area contributed by atoms with Crippen molar-refractivity contribution in [2.75, 3.05) is 33.3 Å². The average molecular weight is 386 g/mol. The van der Waals surface area contributed by atoms with Gasteiger partial charge in [0.25, 0.3) is 0 Å². The van der Waals surface area contributed by atoms with Crippen molar-refractivity contribution in [2.24, 2.45) is 0 Å². The van der Waals surface area contributed by atoms with Crippen molar-refractivity contribution in [3.05, 3.63) is 41.6 Å². The zero-order chi connectivity index (χ0) is 20.1. The molecule has 8 heteroatoms. The summed E-state index contributed by atoms with van der Waals surface area (Å²) in [4.78, 5) is 28.5. The molecule has 0 radical (unpaired) electrons. The highest BCUT2D eigenvalue weighted by atomic mass is 16.5. The van der Waals surface area contributed by atoms with Gasteiger partial charge in [0.2, 0.25) is 11.8 Å². The molecular weight excluding hydrogens is 360 g/mol. The number of piperazine rings is 1. The molecule has 0 unspecified atom stereocenters. The summed E-state index contributed by atoms with van der Waals surface area (Å²) in [6, 6.07) is 7.72. The Hall–Kier alpha value is -2.90. The van der Waals surface area contributed by atoms with E-state index in [1.54, 1.807) is 16.9 Å². The molecule has 0 saturated carbocycles. The predicted octanol–water partition coefficient (Wildman–Crippen LogP) is 2.12. The van der Waals surface area contributed by atoms with Crippen LogP contribution in [0, 0.1) is 0 Å². The summed E-state index contributed by atoms with van der Waals surface area (Å²) in [6.07, 6.45) is 1.04. The van der Waals surface area contributed by atoms with E-state index < -0.39 is 0 Å². The number of hydrogen-bond acceptors (Lipinski definition) is 6. The normalized spacial score (nSPS) is 14.4. The number of aromatic nitrogens is 2. The highest BCUT2D eigenvalue weighted by Crippen LogP contribution is 2.20. The second-order valence-electron chi connectivity index (χ2n) is 7.08. The maximum absolute atomic E-state index is 12.5. The Balaban J connectivity index is 1.50. The molecule has 150 valence electrons. The predicted molar refractivity (Wildman–Crippen MR) is 102 cm³/mol. The van der Waals surface area contributed by atoms with Crippen molar-refractivity contribution in [1.82, 2.24) is 20.0 Å². The van der Waals surface area contributed by atoms with Crippen molar-refractivity contribution in [3.8, 4) is 5.75 Å². The van der Waals surface area contributed by atoms with Crippen LogP contribution >= 0.6 is 0 Å². The molecule has 1 aromatic heterocycles. The van der Waals surface area contributed by atoms with Gasteiger partial charge in [0, 0.05) is 38.5 Å². The second-order valence-corrected chi connectivity index (χ2v) is 7.08. The molecular formula is C20H26N4O4. The second kappa shape index (κ2) is 8.86. The van der Waals surface area contributed by atoms with Crippen LogP contribution in [0.2, 0.25) is 0 Å². The van der Waals surface area contributed by atoms with Gasteiger partial charge in [-0.15, -0.1) is 10.2 Å². The van der Waals surface area contributed by atoms with E-state index in [-0.39, 0.29) is 23.6 Å². The lowest BCUT2D eigenvalue weighted by molar-refractivity contribution is -0.132. The number of nitrogens with zero attached hydrogens (tertiary/aromatic N) is 4. The average Bonchev–Trinajstić information content (AvgIpc) is 3.22. The van der Waals surface area contributed by atoms with E-state index in [4.69, 9.17) is 9.15 Å². The molecule has 0 aliphatic carbocycles. The number of para-hydroxylation sites is 1. The van der Waals surface area contributed by atoms with E-state index >= 15 is 0 Å². The van der Waals surface area contributed by atoms with Gasteiger partial charge >= 0.3 is 11.8 Å². The zero-order valence-electron chi connectivity index (χ0n) is 16.6. The third-order valence-corrected chi connectivity index (χ3v) is 4.84. The van der Waals surface area contributed by atoms with E-state index in [9.17, 15) is 9.59 Å². The molecule has 0 N–H and O–H groups in total. The number of ether oxygens (including phenoxy) is 1.